The van der Waals surface area contributed by atoms with Crippen LogP contribution in [0.4, 0.5) is 0 Å². The molecule has 0 atom stereocenters. The van der Waals surface area contributed by atoms with Gasteiger partial charge in [0, 0.05) is 43.1 Å². The van der Waals surface area contributed by atoms with Crippen LogP contribution in [0.1, 0.15) is 18.9 Å². The van der Waals surface area contributed by atoms with Crippen LogP contribution >= 0.6 is 0 Å². The van der Waals surface area contributed by atoms with Gasteiger partial charge < -0.3 is 10.3 Å². The second-order valence-corrected chi connectivity index (χ2v) is 4.10. The second kappa shape index (κ2) is 5.87. The van der Waals surface area contributed by atoms with Crippen LogP contribution in [0.15, 0.2) is 35.3 Å². The highest BCUT2D eigenvalue weighted by Gasteiger charge is 2.00. The van der Waals surface area contributed by atoms with E-state index >= 15 is 0 Å². The molecule has 0 bridgehead atoms. The van der Waals surface area contributed by atoms with Gasteiger partial charge in [-0.05, 0) is 12.1 Å². The molecule has 2 N–H and O–H groups in total. The Hall–Kier alpha value is -2.54. The Kier molecular flexibility index (Phi) is 3.99. The lowest BCUT2D eigenvalue weighted by Gasteiger charge is -1.99. The second-order valence-electron chi connectivity index (χ2n) is 4.10. The lowest BCUT2D eigenvalue weighted by atomic mass is 10.1. The number of pyridine rings is 1. The lowest BCUT2D eigenvalue weighted by Crippen LogP contribution is -2.20. The summed E-state index contributed by atoms with van der Waals surface area (Å²) in [6, 6.07) is 6.95. The Bertz CT molecular complexity index is 720. The van der Waals surface area contributed by atoms with Gasteiger partial charge in [-0.25, -0.2) is 0 Å². The average Bonchev–Trinajstić information content (AvgIpc) is 2.39. The van der Waals surface area contributed by atoms with Gasteiger partial charge >= 0.3 is 0 Å². The number of aromatic amines is 1. The van der Waals surface area contributed by atoms with E-state index in [1.807, 2.05) is 12.1 Å². The van der Waals surface area contributed by atoms with Crippen molar-refractivity contribution in [1.29, 1.82) is 0 Å². The zero-order valence-electron chi connectivity index (χ0n) is 10.6. The fourth-order valence-electron chi connectivity index (χ4n) is 1.77. The molecule has 0 aliphatic rings. The molecule has 0 aliphatic heterocycles. The van der Waals surface area contributed by atoms with E-state index in [1.165, 1.54) is 13.0 Å². The van der Waals surface area contributed by atoms with Crippen molar-refractivity contribution in [2.45, 2.75) is 13.3 Å². The molecule has 2 aromatic rings. The van der Waals surface area contributed by atoms with E-state index in [9.17, 15) is 9.59 Å². The van der Waals surface area contributed by atoms with E-state index in [-0.39, 0.29) is 11.3 Å². The third-order valence-corrected chi connectivity index (χ3v) is 2.64. The maximum Gasteiger partial charge on any atom is 0.216 e. The first-order chi connectivity index (χ1) is 9.18. The molecule has 1 aromatic carbocycles. The molecule has 1 heterocycles. The van der Waals surface area contributed by atoms with Gasteiger partial charge in [-0.15, -0.1) is 0 Å². The van der Waals surface area contributed by atoms with Crippen LogP contribution in [0.25, 0.3) is 10.9 Å². The number of amides is 1. The van der Waals surface area contributed by atoms with Crippen LogP contribution in [0.5, 0.6) is 0 Å². The van der Waals surface area contributed by atoms with Crippen molar-refractivity contribution in [3.63, 3.8) is 0 Å². The molecule has 2 rings (SSSR count). The van der Waals surface area contributed by atoms with E-state index in [0.29, 0.717) is 18.4 Å². The molecule has 0 radical (unpaired) electrons. The molecule has 0 saturated carbocycles. The smallest absolute Gasteiger partial charge is 0.216 e. The lowest BCUT2D eigenvalue weighted by molar-refractivity contribution is -0.118. The van der Waals surface area contributed by atoms with Gasteiger partial charge in [-0.3, -0.25) is 9.59 Å². The molecule has 0 fully saturated rings. The van der Waals surface area contributed by atoms with Crippen LogP contribution in [0.3, 0.4) is 0 Å². The third-order valence-electron chi connectivity index (χ3n) is 2.64. The number of fused-ring (bicyclic) bond motifs is 1. The minimum absolute atomic E-state index is 0.0179. The van der Waals surface area contributed by atoms with Crippen LogP contribution < -0.4 is 10.7 Å². The minimum atomic E-state index is -0.0590. The molecule has 0 spiro atoms. The molecule has 0 saturated heterocycles. The maximum absolute atomic E-state index is 11.7. The molecular weight excluding hydrogens is 240 g/mol. The fraction of sp³-hybridized carbons (Fsp3) is 0.200. The fourth-order valence-corrected chi connectivity index (χ4v) is 1.77. The summed E-state index contributed by atoms with van der Waals surface area (Å²) in [5.74, 6) is 5.94. The largest absolute Gasteiger partial charge is 0.360 e. The van der Waals surface area contributed by atoms with Gasteiger partial charge in [0.15, 0.2) is 5.43 Å². The first-order valence-corrected chi connectivity index (χ1v) is 6.02. The van der Waals surface area contributed by atoms with E-state index in [2.05, 4.69) is 22.1 Å². The molecule has 4 nitrogen and oxygen atoms in total. The number of aromatic nitrogens is 1. The van der Waals surface area contributed by atoms with Gasteiger partial charge in [-0.1, -0.05) is 17.9 Å². The number of hydrogen-bond acceptors (Lipinski definition) is 2. The van der Waals surface area contributed by atoms with Crippen LogP contribution in [0.2, 0.25) is 0 Å². The maximum atomic E-state index is 11.7. The molecule has 0 unspecified atom stereocenters. The van der Waals surface area contributed by atoms with Crippen molar-refractivity contribution >= 4 is 16.8 Å². The predicted molar refractivity (Wildman–Crippen MR) is 74.7 cm³/mol. The zero-order valence-corrected chi connectivity index (χ0v) is 10.6. The molecule has 96 valence electrons. The Morgan fingerprint density at radius 2 is 2.21 bits per heavy atom. The topological polar surface area (TPSA) is 62.0 Å². The molecule has 0 aliphatic carbocycles. The highest BCUT2D eigenvalue weighted by molar-refractivity contribution is 5.84. The molecular formula is C15H14N2O2. The van der Waals surface area contributed by atoms with Crippen molar-refractivity contribution in [1.82, 2.24) is 10.3 Å². The van der Waals surface area contributed by atoms with Crippen LogP contribution in [-0.4, -0.2) is 17.4 Å². The summed E-state index contributed by atoms with van der Waals surface area (Å²) in [7, 11) is 0. The number of nitrogens with one attached hydrogen (secondary N) is 2. The monoisotopic (exact) mass is 254 g/mol. The Balaban J connectivity index is 2.22. The van der Waals surface area contributed by atoms with Crippen molar-refractivity contribution in [3.05, 3.63) is 46.2 Å². The SMILES string of the molecule is CC(=O)NCCC#Cc1cccc2c(=O)cc[nH]c12. The van der Waals surface area contributed by atoms with E-state index < -0.39 is 0 Å². The summed E-state index contributed by atoms with van der Waals surface area (Å²) in [5, 5.41) is 3.31. The number of hydrogen-bond donors (Lipinski definition) is 2. The number of carbonyl (C=O) groups is 1. The third kappa shape index (κ3) is 3.23. The summed E-state index contributed by atoms with van der Waals surface area (Å²) >= 11 is 0. The van der Waals surface area contributed by atoms with Crippen LogP contribution in [0, 0.1) is 11.8 Å². The van der Waals surface area contributed by atoms with Crippen molar-refractivity contribution in [3.8, 4) is 11.8 Å². The van der Waals surface area contributed by atoms with Crippen molar-refractivity contribution < 1.29 is 4.79 Å². The average molecular weight is 254 g/mol. The number of H-pyrrole nitrogens is 1. The number of para-hydroxylation sites is 1. The first-order valence-electron chi connectivity index (χ1n) is 6.02. The number of rotatable bonds is 2. The van der Waals surface area contributed by atoms with E-state index in [0.717, 1.165) is 11.1 Å². The van der Waals surface area contributed by atoms with Gasteiger partial charge in [-0.2, -0.15) is 0 Å². The van der Waals surface area contributed by atoms with Crippen molar-refractivity contribution in [2.75, 3.05) is 6.54 Å². The summed E-state index contributed by atoms with van der Waals surface area (Å²) in [5.41, 5.74) is 1.52. The Morgan fingerprint density at radius 3 is 3.00 bits per heavy atom. The summed E-state index contributed by atoms with van der Waals surface area (Å²) < 4.78 is 0. The number of benzene rings is 1. The molecule has 1 amide bonds. The molecule has 19 heavy (non-hydrogen) atoms. The van der Waals surface area contributed by atoms with Crippen molar-refractivity contribution in [2.24, 2.45) is 0 Å². The van der Waals surface area contributed by atoms with Gasteiger partial charge in [0.25, 0.3) is 0 Å². The van der Waals surface area contributed by atoms with Gasteiger partial charge in [0.05, 0.1) is 5.52 Å². The molecule has 4 heteroatoms. The summed E-state index contributed by atoms with van der Waals surface area (Å²) in [6.45, 7) is 2.01. The number of carbonyl (C=O) groups excluding carboxylic acids is 1. The zero-order chi connectivity index (χ0) is 13.7. The highest BCUT2D eigenvalue weighted by atomic mass is 16.1. The van der Waals surface area contributed by atoms with Crippen LogP contribution in [-0.2, 0) is 4.79 Å². The Morgan fingerprint density at radius 1 is 1.37 bits per heavy atom. The van der Waals surface area contributed by atoms with E-state index in [1.54, 1.807) is 12.3 Å². The minimum Gasteiger partial charge on any atom is -0.360 e. The standard InChI is InChI=1S/C15H14N2O2/c1-11(18)16-9-3-2-5-12-6-4-7-13-14(19)8-10-17-15(12)13/h4,6-8,10H,3,9H2,1H3,(H,16,18)(H,17,19). The highest BCUT2D eigenvalue weighted by Crippen LogP contribution is 2.11. The first kappa shape index (κ1) is 12.9. The Labute approximate surface area is 110 Å². The normalized spacial score (nSPS) is 9.74. The molecule has 1 aromatic heterocycles. The summed E-state index contributed by atoms with van der Waals surface area (Å²) in [6.07, 6.45) is 2.19. The van der Waals surface area contributed by atoms with Gasteiger partial charge in [0.2, 0.25) is 5.91 Å². The van der Waals surface area contributed by atoms with E-state index in [4.69, 9.17) is 0 Å². The summed E-state index contributed by atoms with van der Waals surface area (Å²) in [4.78, 5) is 25.4. The predicted octanol–water partition coefficient (Wildman–Crippen LogP) is 1.41. The van der Waals surface area contributed by atoms with Gasteiger partial charge in [0.1, 0.15) is 0 Å². The quantitative estimate of drug-likeness (QED) is 0.628.